The Hall–Kier alpha value is -2.69. The van der Waals surface area contributed by atoms with Crippen LogP contribution in [0.1, 0.15) is 15.9 Å². The highest BCUT2D eigenvalue weighted by atomic mass is 16.5. The number of carbonyl (C=O) groups excluding carboxylic acids is 1. The van der Waals surface area contributed by atoms with E-state index in [1.165, 1.54) is 6.07 Å². The summed E-state index contributed by atoms with van der Waals surface area (Å²) in [7, 11) is 0. The number of primary amides is 1. The lowest BCUT2D eigenvalue weighted by molar-refractivity contribution is 0.0996. The smallest absolute Gasteiger partial charge is 0.252 e. The number of benzene rings is 2. The summed E-state index contributed by atoms with van der Waals surface area (Å²) in [5.41, 5.74) is 12.4. The van der Waals surface area contributed by atoms with Crippen molar-refractivity contribution in [2.24, 2.45) is 5.73 Å². The molecule has 5 nitrogen and oxygen atoms in total. The summed E-state index contributed by atoms with van der Waals surface area (Å²) in [4.78, 5) is 11.3. The van der Waals surface area contributed by atoms with Gasteiger partial charge in [0.05, 0.1) is 5.56 Å². The Morgan fingerprint density at radius 2 is 2.00 bits per heavy atom. The average Bonchev–Trinajstić information content (AvgIpc) is 2.36. The third-order valence-corrected chi connectivity index (χ3v) is 2.58. The molecular formula is C14H14N2O3. The van der Waals surface area contributed by atoms with Crippen molar-refractivity contribution < 1.29 is 14.6 Å². The minimum Gasteiger partial charge on any atom is -0.508 e. The number of phenolic OH excluding ortho intramolecular Hbond substituents is 1. The van der Waals surface area contributed by atoms with Gasteiger partial charge in [0.1, 0.15) is 18.1 Å². The van der Waals surface area contributed by atoms with Gasteiger partial charge < -0.3 is 21.3 Å². The second-order valence-corrected chi connectivity index (χ2v) is 4.08. The molecule has 2 aromatic rings. The molecule has 0 heterocycles. The number of hydrogen-bond donors (Lipinski definition) is 3. The van der Waals surface area contributed by atoms with Crippen molar-refractivity contribution in [3.05, 3.63) is 53.6 Å². The molecule has 19 heavy (non-hydrogen) atoms. The van der Waals surface area contributed by atoms with E-state index in [9.17, 15) is 9.90 Å². The Morgan fingerprint density at radius 3 is 2.68 bits per heavy atom. The molecule has 2 rings (SSSR count). The Morgan fingerprint density at radius 1 is 1.21 bits per heavy atom. The third kappa shape index (κ3) is 3.16. The highest BCUT2D eigenvalue weighted by Gasteiger charge is 2.10. The molecule has 0 aromatic heterocycles. The van der Waals surface area contributed by atoms with Gasteiger partial charge in [-0.2, -0.15) is 0 Å². The molecule has 98 valence electrons. The van der Waals surface area contributed by atoms with Crippen molar-refractivity contribution in [2.75, 3.05) is 5.73 Å². The Labute approximate surface area is 110 Å². The van der Waals surface area contributed by atoms with Crippen molar-refractivity contribution in [3.8, 4) is 11.5 Å². The van der Waals surface area contributed by atoms with Crippen LogP contribution in [-0.2, 0) is 6.61 Å². The van der Waals surface area contributed by atoms with Crippen molar-refractivity contribution in [1.29, 1.82) is 0 Å². The number of aromatic hydroxyl groups is 1. The van der Waals surface area contributed by atoms with E-state index in [4.69, 9.17) is 16.2 Å². The molecule has 0 unspecified atom stereocenters. The van der Waals surface area contributed by atoms with Gasteiger partial charge in [-0.15, -0.1) is 0 Å². The maximum absolute atomic E-state index is 11.3. The molecule has 0 spiro atoms. The topological polar surface area (TPSA) is 98.6 Å². The van der Waals surface area contributed by atoms with Crippen LogP contribution in [0.5, 0.6) is 11.5 Å². The molecule has 2 aromatic carbocycles. The molecule has 0 aliphatic carbocycles. The summed E-state index contributed by atoms with van der Waals surface area (Å²) in [5.74, 6) is -0.0921. The fraction of sp³-hybridized carbons (Fsp3) is 0.0714. The van der Waals surface area contributed by atoms with Crippen LogP contribution in [0.4, 0.5) is 5.69 Å². The lowest BCUT2D eigenvalue weighted by atomic mass is 10.1. The molecular weight excluding hydrogens is 244 g/mol. The fourth-order valence-corrected chi connectivity index (χ4v) is 1.67. The van der Waals surface area contributed by atoms with E-state index >= 15 is 0 Å². The van der Waals surface area contributed by atoms with Crippen molar-refractivity contribution in [1.82, 2.24) is 0 Å². The van der Waals surface area contributed by atoms with Crippen LogP contribution in [0.15, 0.2) is 42.5 Å². The van der Waals surface area contributed by atoms with Crippen LogP contribution in [0, 0.1) is 0 Å². The zero-order valence-electron chi connectivity index (χ0n) is 10.2. The van der Waals surface area contributed by atoms with Crippen molar-refractivity contribution in [3.63, 3.8) is 0 Å². The molecule has 0 bridgehead atoms. The molecule has 0 aliphatic heterocycles. The Bertz CT molecular complexity index is 611. The summed E-state index contributed by atoms with van der Waals surface area (Å²) in [6, 6.07) is 11.3. The lowest BCUT2D eigenvalue weighted by Crippen LogP contribution is -2.13. The monoisotopic (exact) mass is 258 g/mol. The van der Waals surface area contributed by atoms with Crippen LogP contribution in [-0.4, -0.2) is 11.0 Å². The first-order valence-corrected chi connectivity index (χ1v) is 5.66. The van der Waals surface area contributed by atoms with E-state index in [0.29, 0.717) is 11.4 Å². The van der Waals surface area contributed by atoms with E-state index in [-0.39, 0.29) is 17.9 Å². The molecule has 0 saturated carbocycles. The maximum Gasteiger partial charge on any atom is 0.252 e. The highest BCUT2D eigenvalue weighted by molar-refractivity contribution is 5.96. The van der Waals surface area contributed by atoms with E-state index in [2.05, 4.69) is 0 Å². The van der Waals surface area contributed by atoms with E-state index in [0.717, 1.165) is 5.56 Å². The quantitative estimate of drug-likeness (QED) is 0.726. The Kier molecular flexibility index (Phi) is 3.56. The summed E-state index contributed by atoms with van der Waals surface area (Å²) >= 11 is 0. The molecule has 1 amide bonds. The number of phenols is 1. The van der Waals surface area contributed by atoms with E-state index < -0.39 is 5.91 Å². The number of rotatable bonds is 4. The molecule has 0 atom stereocenters. The van der Waals surface area contributed by atoms with Crippen molar-refractivity contribution in [2.45, 2.75) is 6.61 Å². The highest BCUT2D eigenvalue weighted by Crippen LogP contribution is 2.23. The number of nitrogens with two attached hydrogens (primary N) is 2. The molecule has 0 aliphatic rings. The van der Waals surface area contributed by atoms with Gasteiger partial charge in [0.25, 0.3) is 5.91 Å². The van der Waals surface area contributed by atoms with Crippen molar-refractivity contribution >= 4 is 11.6 Å². The number of nitrogen functional groups attached to an aromatic ring is 1. The molecule has 5 N–H and O–H groups in total. The van der Waals surface area contributed by atoms with Gasteiger partial charge in [-0.3, -0.25) is 4.79 Å². The second kappa shape index (κ2) is 5.30. The van der Waals surface area contributed by atoms with Crippen LogP contribution < -0.4 is 16.2 Å². The van der Waals surface area contributed by atoms with Crippen LogP contribution in [0.25, 0.3) is 0 Å². The van der Waals surface area contributed by atoms with Gasteiger partial charge in [-0.05, 0) is 29.8 Å². The first-order chi connectivity index (χ1) is 9.06. The predicted molar refractivity (Wildman–Crippen MR) is 71.8 cm³/mol. The summed E-state index contributed by atoms with van der Waals surface area (Å²) < 4.78 is 5.53. The van der Waals surface area contributed by atoms with Gasteiger partial charge in [-0.1, -0.05) is 12.1 Å². The molecule has 0 fully saturated rings. The summed E-state index contributed by atoms with van der Waals surface area (Å²) in [6.07, 6.45) is 0. The first kappa shape index (κ1) is 12.8. The zero-order chi connectivity index (χ0) is 13.8. The number of ether oxygens (including phenoxy) is 1. The molecule has 0 saturated heterocycles. The zero-order valence-corrected chi connectivity index (χ0v) is 10.2. The van der Waals surface area contributed by atoms with Crippen LogP contribution in [0.2, 0.25) is 0 Å². The maximum atomic E-state index is 11.3. The van der Waals surface area contributed by atoms with Gasteiger partial charge in [-0.25, -0.2) is 0 Å². The number of anilines is 1. The first-order valence-electron chi connectivity index (χ1n) is 5.66. The number of amides is 1. The Balaban J connectivity index is 2.19. The third-order valence-electron chi connectivity index (χ3n) is 2.58. The minimum absolute atomic E-state index is 0.156. The van der Waals surface area contributed by atoms with Gasteiger partial charge >= 0.3 is 0 Å². The van der Waals surface area contributed by atoms with Crippen LogP contribution in [0.3, 0.4) is 0 Å². The van der Waals surface area contributed by atoms with Gasteiger partial charge in [0.15, 0.2) is 0 Å². The number of hydrogen-bond acceptors (Lipinski definition) is 4. The molecule has 0 radical (unpaired) electrons. The summed E-state index contributed by atoms with van der Waals surface area (Å²) in [5, 5.41) is 9.35. The SMILES string of the molecule is NC(=O)c1ccc(N)cc1OCc1cccc(O)c1. The fourth-order valence-electron chi connectivity index (χ4n) is 1.67. The standard InChI is InChI=1S/C14H14N2O3/c15-10-4-5-12(14(16)18)13(7-10)19-8-9-2-1-3-11(17)6-9/h1-7,17H,8,15H2,(H2,16,18). The van der Waals surface area contributed by atoms with Gasteiger partial charge in [0, 0.05) is 11.8 Å². The van der Waals surface area contributed by atoms with E-state index in [1.807, 2.05) is 0 Å². The lowest BCUT2D eigenvalue weighted by Gasteiger charge is -2.10. The molecule has 5 heteroatoms. The second-order valence-electron chi connectivity index (χ2n) is 4.08. The largest absolute Gasteiger partial charge is 0.508 e. The van der Waals surface area contributed by atoms with Gasteiger partial charge in [0.2, 0.25) is 0 Å². The minimum atomic E-state index is -0.578. The summed E-state index contributed by atoms with van der Waals surface area (Å²) in [6.45, 7) is 0.206. The number of carbonyl (C=O) groups is 1. The average molecular weight is 258 g/mol. The normalized spacial score (nSPS) is 10.1. The predicted octanol–water partition coefficient (Wildman–Crippen LogP) is 1.65. The van der Waals surface area contributed by atoms with Crippen LogP contribution >= 0.6 is 0 Å². The van der Waals surface area contributed by atoms with E-state index in [1.54, 1.807) is 36.4 Å².